The van der Waals surface area contributed by atoms with E-state index in [9.17, 15) is 4.79 Å². The summed E-state index contributed by atoms with van der Waals surface area (Å²) in [6, 6.07) is 9.93. The second-order valence-electron chi connectivity index (χ2n) is 4.61. The molecule has 0 N–H and O–H groups in total. The Morgan fingerprint density at radius 2 is 2.06 bits per heavy atom. The number of carbonyl (C=O) groups is 1. The van der Waals surface area contributed by atoms with E-state index < -0.39 is 0 Å². The molecule has 0 radical (unpaired) electrons. The second-order valence-corrected chi connectivity index (χ2v) is 4.61. The van der Waals surface area contributed by atoms with Gasteiger partial charge in [0.25, 0.3) is 0 Å². The Balaban J connectivity index is 2.15. The molecule has 1 aliphatic rings. The van der Waals surface area contributed by atoms with Crippen molar-refractivity contribution in [1.82, 2.24) is 9.78 Å². The topological polar surface area (TPSA) is 34.9 Å². The van der Waals surface area contributed by atoms with Crippen LogP contribution in [0.3, 0.4) is 0 Å². The van der Waals surface area contributed by atoms with Crippen LogP contribution in [0.4, 0.5) is 0 Å². The van der Waals surface area contributed by atoms with Crippen molar-refractivity contribution in [2.75, 3.05) is 0 Å². The molecule has 3 heteroatoms. The molecular weight excluding hydrogens is 212 g/mol. The summed E-state index contributed by atoms with van der Waals surface area (Å²) < 4.78 is 1.83. The maximum Gasteiger partial charge on any atom is 0.140 e. The molecule has 0 spiro atoms. The summed E-state index contributed by atoms with van der Waals surface area (Å²) in [6.45, 7) is 1.69. The lowest BCUT2D eigenvalue weighted by Gasteiger charge is -2.16. The van der Waals surface area contributed by atoms with Gasteiger partial charge in [0.1, 0.15) is 5.78 Å². The van der Waals surface area contributed by atoms with Crippen LogP contribution in [-0.2, 0) is 10.2 Å². The van der Waals surface area contributed by atoms with Gasteiger partial charge in [-0.1, -0.05) is 18.2 Å². The van der Waals surface area contributed by atoms with Gasteiger partial charge < -0.3 is 0 Å². The molecule has 0 unspecified atom stereocenters. The van der Waals surface area contributed by atoms with Crippen molar-refractivity contribution >= 4 is 5.78 Å². The third kappa shape index (κ3) is 1.50. The summed E-state index contributed by atoms with van der Waals surface area (Å²) in [5.74, 6) is 0.261. The van der Waals surface area contributed by atoms with E-state index in [1.165, 1.54) is 0 Å². The number of rotatable bonds is 3. The van der Waals surface area contributed by atoms with Crippen molar-refractivity contribution in [2.45, 2.75) is 25.2 Å². The number of para-hydroxylation sites is 1. The average Bonchev–Trinajstić information content (AvgIpc) is 2.98. The highest BCUT2D eigenvalue weighted by atomic mass is 16.1. The van der Waals surface area contributed by atoms with Crippen LogP contribution in [-0.4, -0.2) is 15.6 Å². The number of benzene rings is 1. The Kier molecular flexibility index (Phi) is 2.15. The first-order valence-electron chi connectivity index (χ1n) is 5.85. The smallest absolute Gasteiger partial charge is 0.140 e. The van der Waals surface area contributed by atoms with Crippen molar-refractivity contribution in [3.05, 3.63) is 48.3 Å². The number of carbonyl (C=O) groups excluding carboxylic acids is 1. The number of ketones is 1. The fourth-order valence-electron chi connectivity index (χ4n) is 2.43. The Morgan fingerprint density at radius 1 is 1.29 bits per heavy atom. The third-order valence-corrected chi connectivity index (χ3v) is 3.59. The van der Waals surface area contributed by atoms with Crippen LogP contribution in [0.5, 0.6) is 0 Å². The number of hydrogen-bond donors (Lipinski definition) is 0. The van der Waals surface area contributed by atoms with Crippen LogP contribution in [0.25, 0.3) is 5.69 Å². The zero-order valence-electron chi connectivity index (χ0n) is 9.76. The molecule has 17 heavy (non-hydrogen) atoms. The third-order valence-electron chi connectivity index (χ3n) is 3.59. The Labute approximate surface area is 100 Å². The number of aromatic nitrogens is 2. The molecule has 3 nitrogen and oxygen atoms in total. The van der Waals surface area contributed by atoms with Crippen LogP contribution in [0.1, 0.15) is 25.3 Å². The average molecular weight is 226 g/mol. The van der Waals surface area contributed by atoms with Gasteiger partial charge in [0.05, 0.1) is 11.1 Å². The van der Waals surface area contributed by atoms with Crippen LogP contribution in [0.2, 0.25) is 0 Å². The molecule has 1 aromatic carbocycles. The van der Waals surface area contributed by atoms with E-state index in [1.54, 1.807) is 13.1 Å². The molecular formula is C14H14N2O. The van der Waals surface area contributed by atoms with E-state index in [2.05, 4.69) is 5.10 Å². The normalized spacial score (nSPS) is 16.8. The van der Waals surface area contributed by atoms with Crippen molar-refractivity contribution < 1.29 is 4.79 Å². The van der Waals surface area contributed by atoms with Gasteiger partial charge in [-0.2, -0.15) is 5.10 Å². The van der Waals surface area contributed by atoms with Gasteiger partial charge in [-0.05, 0) is 37.5 Å². The minimum absolute atomic E-state index is 0.247. The van der Waals surface area contributed by atoms with E-state index >= 15 is 0 Å². The van der Waals surface area contributed by atoms with Crippen LogP contribution >= 0.6 is 0 Å². The van der Waals surface area contributed by atoms with Gasteiger partial charge >= 0.3 is 0 Å². The van der Waals surface area contributed by atoms with Gasteiger partial charge in [0.2, 0.25) is 0 Å². The maximum absolute atomic E-state index is 11.8. The second kappa shape index (κ2) is 3.55. The standard InChI is InChI=1S/C14H14N2O/c1-11(17)14(7-8-14)12-5-2-3-6-13(12)16-10-4-9-15-16/h2-6,9-10H,7-8H2,1H3. The fraction of sp³-hybridized carbons (Fsp3) is 0.286. The molecule has 2 aromatic rings. The molecule has 0 amide bonds. The summed E-state index contributed by atoms with van der Waals surface area (Å²) >= 11 is 0. The monoisotopic (exact) mass is 226 g/mol. The van der Waals surface area contributed by atoms with Gasteiger partial charge in [-0.25, -0.2) is 4.68 Å². The van der Waals surface area contributed by atoms with E-state index in [4.69, 9.17) is 0 Å². The molecule has 86 valence electrons. The molecule has 1 saturated carbocycles. The summed E-state index contributed by atoms with van der Waals surface area (Å²) in [4.78, 5) is 11.8. The molecule has 1 fully saturated rings. The van der Waals surface area contributed by atoms with E-state index in [1.807, 2.05) is 41.2 Å². The Hall–Kier alpha value is -1.90. The minimum atomic E-state index is -0.247. The van der Waals surface area contributed by atoms with Crippen molar-refractivity contribution in [3.63, 3.8) is 0 Å². The van der Waals surface area contributed by atoms with Crippen molar-refractivity contribution in [2.24, 2.45) is 0 Å². The molecule has 0 atom stereocenters. The zero-order chi connectivity index (χ0) is 11.9. The predicted octanol–water partition coefficient (Wildman–Crippen LogP) is 2.49. The highest BCUT2D eigenvalue weighted by Gasteiger charge is 2.50. The zero-order valence-corrected chi connectivity index (χ0v) is 9.76. The highest BCUT2D eigenvalue weighted by molar-refractivity contribution is 5.92. The number of nitrogens with zero attached hydrogens (tertiary/aromatic N) is 2. The Morgan fingerprint density at radius 3 is 2.65 bits per heavy atom. The molecule has 1 aromatic heterocycles. The quantitative estimate of drug-likeness (QED) is 0.806. The lowest BCUT2D eigenvalue weighted by Crippen LogP contribution is -2.19. The predicted molar refractivity (Wildman–Crippen MR) is 65.2 cm³/mol. The summed E-state index contributed by atoms with van der Waals surface area (Å²) in [5, 5.41) is 4.25. The van der Waals surface area contributed by atoms with Crippen LogP contribution in [0.15, 0.2) is 42.7 Å². The summed E-state index contributed by atoms with van der Waals surface area (Å²) in [5.41, 5.74) is 1.88. The number of Topliss-reactive ketones (excluding diaryl/α,β-unsaturated/α-hetero) is 1. The van der Waals surface area contributed by atoms with Crippen LogP contribution < -0.4 is 0 Å². The van der Waals surface area contributed by atoms with Crippen molar-refractivity contribution in [1.29, 1.82) is 0 Å². The molecule has 0 aliphatic heterocycles. The minimum Gasteiger partial charge on any atom is -0.299 e. The molecule has 0 bridgehead atoms. The van der Waals surface area contributed by atoms with Crippen molar-refractivity contribution in [3.8, 4) is 5.69 Å². The largest absolute Gasteiger partial charge is 0.299 e. The number of hydrogen-bond acceptors (Lipinski definition) is 2. The maximum atomic E-state index is 11.8. The molecule has 1 aliphatic carbocycles. The fourth-order valence-corrected chi connectivity index (χ4v) is 2.43. The van der Waals surface area contributed by atoms with Gasteiger partial charge in [-0.3, -0.25) is 4.79 Å². The van der Waals surface area contributed by atoms with Gasteiger partial charge in [-0.15, -0.1) is 0 Å². The lowest BCUT2D eigenvalue weighted by atomic mass is 9.90. The van der Waals surface area contributed by atoms with E-state index in [-0.39, 0.29) is 11.2 Å². The van der Waals surface area contributed by atoms with E-state index in [0.717, 1.165) is 24.1 Å². The SMILES string of the molecule is CC(=O)C1(c2ccccc2-n2cccn2)CC1. The lowest BCUT2D eigenvalue weighted by molar-refractivity contribution is -0.119. The molecule has 0 saturated heterocycles. The molecule has 1 heterocycles. The molecule has 3 rings (SSSR count). The Bertz CT molecular complexity index is 553. The van der Waals surface area contributed by atoms with Gasteiger partial charge in [0.15, 0.2) is 0 Å². The first-order chi connectivity index (χ1) is 8.24. The summed E-state index contributed by atoms with van der Waals surface area (Å²) in [6.07, 6.45) is 5.58. The first-order valence-corrected chi connectivity index (χ1v) is 5.85. The first kappa shape index (κ1) is 10.3. The van der Waals surface area contributed by atoms with Gasteiger partial charge in [0, 0.05) is 12.4 Å². The van der Waals surface area contributed by atoms with E-state index in [0.29, 0.717) is 0 Å². The summed E-state index contributed by atoms with van der Waals surface area (Å²) in [7, 11) is 0. The van der Waals surface area contributed by atoms with Crippen LogP contribution in [0, 0.1) is 0 Å². The highest BCUT2D eigenvalue weighted by Crippen LogP contribution is 2.50.